The number of nitrogens with two attached hydrogens (primary N) is 1. The summed E-state index contributed by atoms with van der Waals surface area (Å²) in [7, 11) is 0. The normalized spacial score (nSPS) is 10.5. The number of aromatic amines is 1. The van der Waals surface area contributed by atoms with Gasteiger partial charge in [0.05, 0.1) is 6.20 Å². The van der Waals surface area contributed by atoms with E-state index in [-0.39, 0.29) is 5.82 Å². The number of aromatic nitrogens is 2. The Kier molecular flexibility index (Phi) is 2.78. The lowest BCUT2D eigenvalue weighted by Crippen LogP contribution is -2.00. The summed E-state index contributed by atoms with van der Waals surface area (Å²) in [6.45, 7) is 0.446. The van der Waals surface area contributed by atoms with Gasteiger partial charge in [-0.1, -0.05) is 12.1 Å². The van der Waals surface area contributed by atoms with Gasteiger partial charge in [0.15, 0.2) is 0 Å². The van der Waals surface area contributed by atoms with E-state index in [1.54, 1.807) is 12.3 Å². The highest BCUT2D eigenvalue weighted by molar-refractivity contribution is 5.26. The van der Waals surface area contributed by atoms with Crippen LogP contribution in [0.2, 0.25) is 0 Å². The number of halogens is 1. The Hall–Kier alpha value is -1.68. The maximum Gasteiger partial charge on any atom is 0.123 e. The zero-order valence-corrected chi connectivity index (χ0v) is 8.20. The fourth-order valence-electron chi connectivity index (χ4n) is 1.52. The van der Waals surface area contributed by atoms with Gasteiger partial charge in [-0.25, -0.2) is 4.39 Å². The molecule has 15 heavy (non-hydrogen) atoms. The summed E-state index contributed by atoms with van der Waals surface area (Å²) < 4.78 is 12.9. The number of hydrogen-bond acceptors (Lipinski definition) is 2. The van der Waals surface area contributed by atoms with Crippen molar-refractivity contribution in [1.82, 2.24) is 10.2 Å². The van der Waals surface area contributed by atoms with Gasteiger partial charge in [0.1, 0.15) is 5.82 Å². The van der Waals surface area contributed by atoms with Gasteiger partial charge in [-0.15, -0.1) is 0 Å². The van der Waals surface area contributed by atoms with Crippen molar-refractivity contribution < 1.29 is 4.39 Å². The van der Waals surface area contributed by atoms with Crippen LogP contribution in [0.5, 0.6) is 0 Å². The Morgan fingerprint density at radius 1 is 1.40 bits per heavy atom. The molecule has 0 saturated carbocycles. The van der Waals surface area contributed by atoms with E-state index >= 15 is 0 Å². The molecule has 2 rings (SSSR count). The molecular weight excluding hydrogens is 193 g/mol. The average molecular weight is 205 g/mol. The van der Waals surface area contributed by atoms with Crippen LogP contribution in [0.15, 0.2) is 30.5 Å². The lowest BCUT2D eigenvalue weighted by atomic mass is 10.1. The molecule has 0 fully saturated rings. The van der Waals surface area contributed by atoms with Crippen molar-refractivity contribution in [1.29, 1.82) is 0 Å². The van der Waals surface area contributed by atoms with Crippen molar-refractivity contribution in [2.45, 2.75) is 13.0 Å². The van der Waals surface area contributed by atoms with E-state index < -0.39 is 0 Å². The van der Waals surface area contributed by atoms with E-state index in [0.29, 0.717) is 13.0 Å². The Bertz CT molecular complexity index is 451. The quantitative estimate of drug-likeness (QED) is 0.799. The lowest BCUT2D eigenvalue weighted by Gasteiger charge is -2.01. The predicted octanol–water partition coefficient (Wildman–Crippen LogP) is 1.60. The van der Waals surface area contributed by atoms with Crippen molar-refractivity contribution in [2.24, 2.45) is 5.73 Å². The van der Waals surface area contributed by atoms with Crippen molar-refractivity contribution >= 4 is 0 Å². The van der Waals surface area contributed by atoms with E-state index in [0.717, 1.165) is 16.8 Å². The van der Waals surface area contributed by atoms with E-state index in [9.17, 15) is 4.39 Å². The number of hydrogen-bond donors (Lipinski definition) is 2. The highest BCUT2D eigenvalue weighted by atomic mass is 19.1. The molecule has 0 aliphatic heterocycles. The second kappa shape index (κ2) is 4.23. The third-order valence-corrected chi connectivity index (χ3v) is 2.30. The molecule has 0 aliphatic rings. The number of rotatable bonds is 3. The van der Waals surface area contributed by atoms with Gasteiger partial charge < -0.3 is 5.73 Å². The molecule has 0 spiro atoms. The van der Waals surface area contributed by atoms with Crippen LogP contribution in [0.1, 0.15) is 16.8 Å². The Morgan fingerprint density at radius 2 is 2.27 bits per heavy atom. The molecular formula is C11H12FN3. The fraction of sp³-hybridized carbons (Fsp3) is 0.182. The highest BCUT2D eigenvalue weighted by Crippen LogP contribution is 2.12. The van der Waals surface area contributed by atoms with Crippen molar-refractivity contribution in [3.63, 3.8) is 0 Å². The molecule has 0 unspecified atom stereocenters. The molecule has 1 aromatic carbocycles. The standard InChI is InChI=1S/C11H12FN3/c12-10-3-1-2-8(4-10)5-11-9(6-13)7-14-15-11/h1-4,7H,5-6,13H2,(H,14,15). The third-order valence-electron chi connectivity index (χ3n) is 2.30. The van der Waals surface area contributed by atoms with Crippen LogP contribution in [0.25, 0.3) is 0 Å². The minimum atomic E-state index is -0.221. The van der Waals surface area contributed by atoms with Crippen LogP contribution < -0.4 is 5.73 Å². The van der Waals surface area contributed by atoms with Crippen molar-refractivity contribution in [3.05, 3.63) is 53.1 Å². The summed E-state index contributed by atoms with van der Waals surface area (Å²) in [6, 6.07) is 6.52. The van der Waals surface area contributed by atoms with E-state index in [1.165, 1.54) is 12.1 Å². The number of benzene rings is 1. The zero-order valence-electron chi connectivity index (χ0n) is 8.20. The van der Waals surface area contributed by atoms with Gasteiger partial charge in [-0.2, -0.15) is 5.10 Å². The first-order valence-corrected chi connectivity index (χ1v) is 4.75. The number of nitrogens with one attached hydrogen (secondary N) is 1. The molecule has 0 bridgehead atoms. The second-order valence-electron chi connectivity index (χ2n) is 3.38. The third kappa shape index (κ3) is 2.22. The molecule has 4 heteroatoms. The van der Waals surface area contributed by atoms with Gasteiger partial charge in [0.25, 0.3) is 0 Å². The molecule has 3 N–H and O–H groups in total. The number of nitrogens with zero attached hydrogens (tertiary/aromatic N) is 1. The summed E-state index contributed by atoms with van der Waals surface area (Å²) in [6.07, 6.45) is 2.33. The van der Waals surface area contributed by atoms with Crippen LogP contribution in [0, 0.1) is 5.82 Å². The predicted molar refractivity (Wildman–Crippen MR) is 55.7 cm³/mol. The average Bonchev–Trinajstić information content (AvgIpc) is 2.65. The van der Waals surface area contributed by atoms with Crippen LogP contribution >= 0.6 is 0 Å². The van der Waals surface area contributed by atoms with Crippen LogP contribution in [-0.2, 0) is 13.0 Å². The first kappa shape index (κ1) is 9.86. The van der Waals surface area contributed by atoms with Gasteiger partial charge in [0, 0.05) is 24.2 Å². The SMILES string of the molecule is NCc1cn[nH]c1Cc1cccc(F)c1. The summed E-state index contributed by atoms with van der Waals surface area (Å²) in [5.41, 5.74) is 8.37. The van der Waals surface area contributed by atoms with Gasteiger partial charge in [-0.05, 0) is 17.7 Å². The summed E-state index contributed by atoms with van der Waals surface area (Å²) in [5, 5.41) is 6.78. The molecule has 78 valence electrons. The summed E-state index contributed by atoms with van der Waals surface area (Å²) in [4.78, 5) is 0. The largest absolute Gasteiger partial charge is 0.326 e. The maximum atomic E-state index is 12.9. The second-order valence-corrected chi connectivity index (χ2v) is 3.38. The first-order valence-electron chi connectivity index (χ1n) is 4.75. The zero-order chi connectivity index (χ0) is 10.7. The first-order chi connectivity index (χ1) is 7.29. The Labute approximate surface area is 87.1 Å². The highest BCUT2D eigenvalue weighted by Gasteiger charge is 2.04. The van der Waals surface area contributed by atoms with Gasteiger partial charge >= 0.3 is 0 Å². The molecule has 2 aromatic rings. The Balaban J connectivity index is 2.22. The monoisotopic (exact) mass is 205 g/mol. The van der Waals surface area contributed by atoms with Crippen LogP contribution in [-0.4, -0.2) is 10.2 Å². The molecule has 0 radical (unpaired) electrons. The van der Waals surface area contributed by atoms with Crippen molar-refractivity contribution in [3.8, 4) is 0 Å². The van der Waals surface area contributed by atoms with Gasteiger partial charge in [0.2, 0.25) is 0 Å². The Morgan fingerprint density at radius 3 is 3.00 bits per heavy atom. The van der Waals surface area contributed by atoms with E-state index in [1.807, 2.05) is 6.07 Å². The molecule has 0 aliphatic carbocycles. The number of H-pyrrole nitrogens is 1. The summed E-state index contributed by atoms with van der Waals surface area (Å²) >= 11 is 0. The fourth-order valence-corrected chi connectivity index (χ4v) is 1.52. The van der Waals surface area contributed by atoms with Crippen LogP contribution in [0.4, 0.5) is 4.39 Å². The van der Waals surface area contributed by atoms with E-state index in [4.69, 9.17) is 5.73 Å². The summed E-state index contributed by atoms with van der Waals surface area (Å²) in [5.74, 6) is -0.221. The minimum absolute atomic E-state index is 0.221. The van der Waals surface area contributed by atoms with Crippen molar-refractivity contribution in [2.75, 3.05) is 0 Å². The molecule has 0 saturated heterocycles. The maximum absolute atomic E-state index is 12.9. The minimum Gasteiger partial charge on any atom is -0.326 e. The van der Waals surface area contributed by atoms with E-state index in [2.05, 4.69) is 10.2 Å². The molecule has 1 aromatic heterocycles. The molecule has 1 heterocycles. The lowest BCUT2D eigenvalue weighted by molar-refractivity contribution is 0.626. The smallest absolute Gasteiger partial charge is 0.123 e. The molecule has 3 nitrogen and oxygen atoms in total. The van der Waals surface area contributed by atoms with Crippen LogP contribution in [0.3, 0.4) is 0 Å². The molecule has 0 atom stereocenters. The van der Waals surface area contributed by atoms with Gasteiger partial charge in [-0.3, -0.25) is 5.10 Å². The molecule has 0 amide bonds. The topological polar surface area (TPSA) is 54.7 Å².